The zero-order valence-electron chi connectivity index (χ0n) is 14.2. The predicted molar refractivity (Wildman–Crippen MR) is 96.3 cm³/mol. The van der Waals surface area contributed by atoms with Crippen LogP contribution in [0.3, 0.4) is 0 Å². The summed E-state index contributed by atoms with van der Waals surface area (Å²) < 4.78 is 15.8. The maximum Gasteiger partial charge on any atom is 0.264 e. The van der Waals surface area contributed by atoms with Crippen molar-refractivity contribution in [3.63, 3.8) is 0 Å². The Balaban J connectivity index is 1.52. The minimum Gasteiger partial charge on any atom is -0.497 e. The van der Waals surface area contributed by atoms with Gasteiger partial charge < -0.3 is 18.9 Å². The van der Waals surface area contributed by atoms with Crippen molar-refractivity contribution in [2.24, 2.45) is 0 Å². The van der Waals surface area contributed by atoms with Crippen LogP contribution in [0.15, 0.2) is 40.9 Å². The van der Waals surface area contributed by atoms with Gasteiger partial charge in [0.15, 0.2) is 0 Å². The number of thiophene rings is 1. The Morgan fingerprint density at radius 2 is 1.92 bits per heavy atom. The van der Waals surface area contributed by atoms with Gasteiger partial charge in [0.2, 0.25) is 5.82 Å². The van der Waals surface area contributed by atoms with Crippen LogP contribution in [0.5, 0.6) is 5.75 Å². The van der Waals surface area contributed by atoms with Crippen LogP contribution in [0.25, 0.3) is 22.2 Å². The van der Waals surface area contributed by atoms with Gasteiger partial charge in [-0.1, -0.05) is 5.16 Å². The Kier molecular flexibility index (Phi) is 4.68. The number of benzene rings is 1. The Labute approximate surface area is 154 Å². The van der Waals surface area contributed by atoms with Gasteiger partial charge in [-0.15, -0.1) is 11.3 Å². The topological polar surface area (TPSA) is 77.7 Å². The fraction of sp³-hybridized carbons (Fsp3) is 0.278. The summed E-state index contributed by atoms with van der Waals surface area (Å²) in [6, 6.07) is 11.0. The number of ether oxygens (including phenoxy) is 2. The minimum absolute atomic E-state index is 0.0171. The van der Waals surface area contributed by atoms with Crippen LogP contribution in [-0.4, -0.2) is 54.4 Å². The van der Waals surface area contributed by atoms with Gasteiger partial charge in [0.25, 0.3) is 11.8 Å². The molecule has 134 valence electrons. The monoisotopic (exact) mass is 371 g/mol. The zero-order valence-corrected chi connectivity index (χ0v) is 15.0. The molecule has 0 bridgehead atoms. The van der Waals surface area contributed by atoms with Crippen LogP contribution in [0, 0.1) is 0 Å². The van der Waals surface area contributed by atoms with E-state index in [1.807, 2.05) is 30.3 Å². The van der Waals surface area contributed by atoms with Crippen LogP contribution >= 0.6 is 11.3 Å². The highest BCUT2D eigenvalue weighted by Crippen LogP contribution is 2.29. The standard InChI is InChI=1S/C18H17N3O4S/c1-23-13-4-2-12(3-5-13)17-19-16(20-25-17)14-6-7-15(26-14)18(22)21-8-10-24-11-9-21/h2-7H,8-11H2,1H3. The van der Waals surface area contributed by atoms with Crippen molar-refractivity contribution < 1.29 is 18.8 Å². The first-order valence-electron chi connectivity index (χ1n) is 8.20. The van der Waals surface area contributed by atoms with E-state index in [1.54, 1.807) is 18.1 Å². The van der Waals surface area contributed by atoms with Gasteiger partial charge in [-0.3, -0.25) is 4.79 Å². The normalized spacial score (nSPS) is 14.4. The van der Waals surface area contributed by atoms with Crippen LogP contribution in [0.1, 0.15) is 9.67 Å². The minimum atomic E-state index is 0.0171. The van der Waals surface area contributed by atoms with Crippen LogP contribution < -0.4 is 4.74 Å². The molecule has 4 rings (SSSR count). The predicted octanol–water partition coefficient (Wildman–Crippen LogP) is 2.95. The maximum atomic E-state index is 12.5. The Bertz CT molecular complexity index is 897. The summed E-state index contributed by atoms with van der Waals surface area (Å²) in [6.45, 7) is 2.41. The lowest BCUT2D eigenvalue weighted by Crippen LogP contribution is -2.40. The van der Waals surface area contributed by atoms with Gasteiger partial charge in [-0.25, -0.2) is 0 Å². The van der Waals surface area contributed by atoms with Crippen molar-refractivity contribution in [1.82, 2.24) is 15.0 Å². The molecule has 0 N–H and O–H groups in total. The SMILES string of the molecule is COc1ccc(-c2nc(-c3ccc(C(=O)N4CCOCC4)s3)no2)cc1. The number of carbonyl (C=O) groups is 1. The third-order valence-electron chi connectivity index (χ3n) is 4.10. The lowest BCUT2D eigenvalue weighted by atomic mass is 10.2. The first-order chi connectivity index (χ1) is 12.7. The molecule has 26 heavy (non-hydrogen) atoms. The molecule has 1 aromatic carbocycles. The number of hydrogen-bond donors (Lipinski definition) is 0. The van der Waals surface area contributed by atoms with Gasteiger partial charge in [0, 0.05) is 18.7 Å². The molecule has 1 aliphatic rings. The number of methoxy groups -OCH3 is 1. The average Bonchev–Trinajstić information content (AvgIpc) is 3.38. The summed E-state index contributed by atoms with van der Waals surface area (Å²) in [5.74, 6) is 1.68. The molecule has 0 unspecified atom stereocenters. The van der Waals surface area contributed by atoms with E-state index in [4.69, 9.17) is 14.0 Å². The van der Waals surface area contributed by atoms with E-state index in [1.165, 1.54) is 11.3 Å². The summed E-state index contributed by atoms with van der Waals surface area (Å²) >= 11 is 1.37. The quantitative estimate of drug-likeness (QED) is 0.702. The third kappa shape index (κ3) is 3.33. The Hall–Kier alpha value is -2.71. The molecule has 1 aliphatic heterocycles. The molecule has 0 aliphatic carbocycles. The molecule has 0 saturated carbocycles. The van der Waals surface area contributed by atoms with Crippen molar-refractivity contribution in [2.45, 2.75) is 0 Å². The average molecular weight is 371 g/mol. The van der Waals surface area contributed by atoms with Crippen molar-refractivity contribution in [1.29, 1.82) is 0 Å². The Morgan fingerprint density at radius 3 is 2.65 bits per heavy atom. The molecule has 3 heterocycles. The van der Waals surface area contributed by atoms with Crippen molar-refractivity contribution in [3.05, 3.63) is 41.3 Å². The first kappa shape index (κ1) is 16.7. The Morgan fingerprint density at radius 1 is 1.15 bits per heavy atom. The summed E-state index contributed by atoms with van der Waals surface area (Å²) in [5, 5.41) is 4.04. The van der Waals surface area contributed by atoms with E-state index in [9.17, 15) is 4.79 Å². The number of amides is 1. The number of nitrogens with zero attached hydrogens (tertiary/aromatic N) is 3. The summed E-state index contributed by atoms with van der Waals surface area (Å²) in [4.78, 5) is 20.2. The molecule has 3 aromatic rings. The lowest BCUT2D eigenvalue weighted by Gasteiger charge is -2.26. The van der Waals surface area contributed by atoms with E-state index in [2.05, 4.69) is 10.1 Å². The van der Waals surface area contributed by atoms with Crippen LogP contribution in [-0.2, 0) is 4.74 Å². The molecule has 1 fully saturated rings. The van der Waals surface area contributed by atoms with Gasteiger partial charge in [0.1, 0.15) is 5.75 Å². The van der Waals surface area contributed by atoms with Crippen LogP contribution in [0.2, 0.25) is 0 Å². The highest BCUT2D eigenvalue weighted by atomic mass is 32.1. The summed E-state index contributed by atoms with van der Waals surface area (Å²) in [7, 11) is 1.62. The second-order valence-corrected chi connectivity index (χ2v) is 6.80. The fourth-order valence-corrected chi connectivity index (χ4v) is 3.57. The van der Waals surface area contributed by atoms with Crippen molar-refractivity contribution in [2.75, 3.05) is 33.4 Å². The maximum absolute atomic E-state index is 12.5. The number of hydrogen-bond acceptors (Lipinski definition) is 7. The molecule has 1 amide bonds. The van der Waals surface area contributed by atoms with E-state index < -0.39 is 0 Å². The third-order valence-corrected chi connectivity index (χ3v) is 5.17. The van der Waals surface area contributed by atoms with Gasteiger partial charge in [-0.05, 0) is 36.4 Å². The molecular formula is C18H17N3O4S. The molecular weight excluding hydrogens is 354 g/mol. The van der Waals surface area contributed by atoms with Gasteiger partial charge in [-0.2, -0.15) is 4.98 Å². The molecule has 1 saturated heterocycles. The van der Waals surface area contributed by atoms with Gasteiger partial charge >= 0.3 is 0 Å². The fourth-order valence-electron chi connectivity index (χ4n) is 2.67. The molecule has 7 nitrogen and oxygen atoms in total. The van der Waals surface area contributed by atoms with E-state index in [0.29, 0.717) is 42.9 Å². The lowest BCUT2D eigenvalue weighted by molar-refractivity contribution is 0.0306. The summed E-state index contributed by atoms with van der Waals surface area (Å²) in [5.41, 5.74) is 0.811. The molecule has 0 radical (unpaired) electrons. The second kappa shape index (κ2) is 7.27. The van der Waals surface area contributed by atoms with E-state index in [0.717, 1.165) is 16.2 Å². The van der Waals surface area contributed by atoms with E-state index in [-0.39, 0.29) is 5.91 Å². The van der Waals surface area contributed by atoms with Crippen molar-refractivity contribution in [3.8, 4) is 27.9 Å². The molecule has 0 atom stereocenters. The first-order valence-corrected chi connectivity index (χ1v) is 9.01. The van der Waals surface area contributed by atoms with Crippen molar-refractivity contribution >= 4 is 17.2 Å². The highest BCUT2D eigenvalue weighted by Gasteiger charge is 2.21. The van der Waals surface area contributed by atoms with Crippen LogP contribution in [0.4, 0.5) is 0 Å². The highest BCUT2D eigenvalue weighted by molar-refractivity contribution is 7.17. The molecule has 8 heteroatoms. The molecule has 0 spiro atoms. The zero-order chi connectivity index (χ0) is 17.9. The number of rotatable bonds is 4. The smallest absolute Gasteiger partial charge is 0.264 e. The summed E-state index contributed by atoms with van der Waals surface area (Å²) in [6.07, 6.45) is 0. The van der Waals surface area contributed by atoms with Gasteiger partial charge in [0.05, 0.1) is 30.1 Å². The van der Waals surface area contributed by atoms with E-state index >= 15 is 0 Å². The number of aromatic nitrogens is 2. The second-order valence-electron chi connectivity index (χ2n) is 5.72. The number of morpholine rings is 1. The number of carbonyl (C=O) groups excluding carboxylic acids is 1. The largest absolute Gasteiger partial charge is 0.497 e. The molecule has 2 aromatic heterocycles.